The van der Waals surface area contributed by atoms with Crippen LogP contribution in [0.25, 0.3) is 0 Å². The van der Waals surface area contributed by atoms with Gasteiger partial charge in [-0.1, -0.05) is 6.92 Å². The van der Waals surface area contributed by atoms with Crippen molar-refractivity contribution < 1.29 is 24.2 Å². The van der Waals surface area contributed by atoms with E-state index in [1.165, 1.54) is 0 Å². The molecule has 0 unspecified atom stereocenters. The van der Waals surface area contributed by atoms with E-state index in [2.05, 4.69) is 5.32 Å². The van der Waals surface area contributed by atoms with Crippen LogP contribution in [0.4, 0.5) is 0 Å². The zero-order valence-electron chi connectivity index (χ0n) is 11.9. The summed E-state index contributed by atoms with van der Waals surface area (Å²) in [4.78, 5) is 22.6. The molecule has 0 bridgehead atoms. The third-order valence-electron chi connectivity index (χ3n) is 3.14. The van der Waals surface area contributed by atoms with Gasteiger partial charge < -0.3 is 19.9 Å². The number of carboxylic acid groups (broad SMARTS) is 1. The molecular formula is C15H19NO5. The molecule has 2 rings (SSSR count). The van der Waals surface area contributed by atoms with E-state index in [9.17, 15) is 9.59 Å². The SMILES string of the molecule is C[C@H](CNC(=O)c1ccc2c(c1)OCCCO2)CC(=O)O. The van der Waals surface area contributed by atoms with Crippen molar-refractivity contribution in [3.8, 4) is 11.5 Å². The summed E-state index contributed by atoms with van der Waals surface area (Å²) in [7, 11) is 0. The lowest BCUT2D eigenvalue weighted by Gasteiger charge is -2.12. The summed E-state index contributed by atoms with van der Waals surface area (Å²) in [5.41, 5.74) is 0.474. The van der Waals surface area contributed by atoms with Crippen LogP contribution in [0.1, 0.15) is 30.1 Å². The van der Waals surface area contributed by atoms with Gasteiger partial charge in [-0.25, -0.2) is 0 Å². The van der Waals surface area contributed by atoms with E-state index in [4.69, 9.17) is 14.6 Å². The van der Waals surface area contributed by atoms with Crippen LogP contribution in [0.3, 0.4) is 0 Å². The maximum absolute atomic E-state index is 12.1. The number of hydrogen-bond donors (Lipinski definition) is 2. The smallest absolute Gasteiger partial charge is 0.303 e. The van der Waals surface area contributed by atoms with E-state index in [-0.39, 0.29) is 18.2 Å². The summed E-state index contributed by atoms with van der Waals surface area (Å²) in [5, 5.41) is 11.4. The summed E-state index contributed by atoms with van der Waals surface area (Å²) in [6.07, 6.45) is 0.838. The van der Waals surface area contributed by atoms with E-state index >= 15 is 0 Å². The second-order valence-corrected chi connectivity index (χ2v) is 5.13. The van der Waals surface area contributed by atoms with Crippen molar-refractivity contribution in [2.24, 2.45) is 5.92 Å². The monoisotopic (exact) mass is 293 g/mol. The van der Waals surface area contributed by atoms with Crippen molar-refractivity contribution in [3.05, 3.63) is 23.8 Å². The van der Waals surface area contributed by atoms with E-state index in [0.717, 1.165) is 6.42 Å². The molecule has 1 heterocycles. The third-order valence-corrected chi connectivity index (χ3v) is 3.14. The fraction of sp³-hybridized carbons (Fsp3) is 0.467. The predicted molar refractivity (Wildman–Crippen MR) is 75.8 cm³/mol. The Balaban J connectivity index is 1.96. The van der Waals surface area contributed by atoms with Gasteiger partial charge in [0.1, 0.15) is 0 Å². The highest BCUT2D eigenvalue weighted by Crippen LogP contribution is 2.30. The van der Waals surface area contributed by atoms with Crippen LogP contribution in [-0.4, -0.2) is 36.7 Å². The molecule has 0 spiro atoms. The summed E-state index contributed by atoms with van der Waals surface area (Å²) in [6, 6.07) is 5.04. The highest BCUT2D eigenvalue weighted by atomic mass is 16.5. The molecule has 114 valence electrons. The Morgan fingerprint density at radius 3 is 2.71 bits per heavy atom. The minimum Gasteiger partial charge on any atom is -0.490 e. The minimum absolute atomic E-state index is 0.0292. The zero-order chi connectivity index (χ0) is 15.2. The number of nitrogens with one attached hydrogen (secondary N) is 1. The van der Waals surface area contributed by atoms with Gasteiger partial charge in [-0.2, -0.15) is 0 Å². The molecule has 21 heavy (non-hydrogen) atoms. The largest absolute Gasteiger partial charge is 0.490 e. The van der Waals surface area contributed by atoms with Gasteiger partial charge >= 0.3 is 5.97 Å². The Morgan fingerprint density at radius 2 is 2.00 bits per heavy atom. The first-order valence-electron chi connectivity index (χ1n) is 6.96. The standard InChI is InChI=1S/C15H19NO5/c1-10(7-14(17)18)9-16-15(19)11-3-4-12-13(8-11)21-6-2-5-20-12/h3-4,8,10H,2,5-7,9H2,1H3,(H,16,19)(H,17,18)/t10-/m0/s1. The van der Waals surface area contributed by atoms with Crippen LogP contribution < -0.4 is 14.8 Å². The summed E-state index contributed by atoms with van der Waals surface area (Å²) in [5.74, 6) is -0.0240. The number of carbonyl (C=O) groups is 2. The van der Waals surface area contributed by atoms with Gasteiger partial charge in [0, 0.05) is 24.9 Å². The van der Waals surface area contributed by atoms with Crippen LogP contribution in [0.5, 0.6) is 11.5 Å². The lowest BCUT2D eigenvalue weighted by Crippen LogP contribution is -2.29. The fourth-order valence-electron chi connectivity index (χ4n) is 2.04. The van der Waals surface area contributed by atoms with Crippen molar-refractivity contribution in [1.29, 1.82) is 0 Å². The van der Waals surface area contributed by atoms with Gasteiger partial charge in [-0.05, 0) is 24.1 Å². The molecule has 0 saturated heterocycles. The Kier molecular flexibility index (Phi) is 5.03. The number of benzene rings is 1. The molecular weight excluding hydrogens is 274 g/mol. The molecule has 0 aromatic heterocycles. The molecule has 2 N–H and O–H groups in total. The minimum atomic E-state index is -0.868. The average molecular weight is 293 g/mol. The Hall–Kier alpha value is -2.24. The van der Waals surface area contributed by atoms with Crippen molar-refractivity contribution >= 4 is 11.9 Å². The molecule has 0 radical (unpaired) electrons. The molecule has 1 aromatic rings. The normalized spacial score (nSPS) is 14.9. The molecule has 1 aliphatic heterocycles. The molecule has 0 fully saturated rings. The van der Waals surface area contributed by atoms with Crippen molar-refractivity contribution in [2.45, 2.75) is 19.8 Å². The molecule has 0 saturated carbocycles. The van der Waals surface area contributed by atoms with Crippen LogP contribution in [-0.2, 0) is 4.79 Å². The number of rotatable bonds is 5. The number of carboxylic acids is 1. The highest BCUT2D eigenvalue weighted by molar-refractivity contribution is 5.94. The number of carbonyl (C=O) groups excluding carboxylic acids is 1. The van der Waals surface area contributed by atoms with E-state index in [1.807, 2.05) is 0 Å². The molecule has 1 aromatic carbocycles. The number of ether oxygens (including phenoxy) is 2. The molecule has 6 nitrogen and oxygen atoms in total. The van der Waals surface area contributed by atoms with Crippen molar-refractivity contribution in [3.63, 3.8) is 0 Å². The summed E-state index contributed by atoms with van der Waals surface area (Å²) >= 11 is 0. The van der Waals surface area contributed by atoms with Crippen LogP contribution >= 0.6 is 0 Å². The predicted octanol–water partition coefficient (Wildman–Crippen LogP) is 1.69. The molecule has 1 atom stereocenters. The number of aliphatic carboxylic acids is 1. The van der Waals surface area contributed by atoms with E-state index < -0.39 is 5.97 Å². The molecule has 1 aliphatic rings. The first kappa shape index (κ1) is 15.2. The highest BCUT2D eigenvalue weighted by Gasteiger charge is 2.15. The number of amides is 1. The Morgan fingerprint density at radius 1 is 1.29 bits per heavy atom. The quantitative estimate of drug-likeness (QED) is 0.863. The van der Waals surface area contributed by atoms with Gasteiger partial charge in [0.25, 0.3) is 5.91 Å². The maximum Gasteiger partial charge on any atom is 0.303 e. The third kappa shape index (κ3) is 4.37. The Labute approximate surface area is 123 Å². The van der Waals surface area contributed by atoms with E-state index in [1.54, 1.807) is 25.1 Å². The Bertz CT molecular complexity index is 529. The topological polar surface area (TPSA) is 84.9 Å². The van der Waals surface area contributed by atoms with Gasteiger partial charge in [-0.15, -0.1) is 0 Å². The van der Waals surface area contributed by atoms with Crippen molar-refractivity contribution in [1.82, 2.24) is 5.32 Å². The fourth-order valence-corrected chi connectivity index (χ4v) is 2.04. The van der Waals surface area contributed by atoms with Gasteiger partial charge in [-0.3, -0.25) is 9.59 Å². The first-order valence-corrected chi connectivity index (χ1v) is 6.96. The second-order valence-electron chi connectivity index (χ2n) is 5.13. The zero-order valence-corrected chi connectivity index (χ0v) is 11.9. The summed E-state index contributed by atoms with van der Waals surface area (Å²) in [6.45, 7) is 3.26. The van der Waals surface area contributed by atoms with Gasteiger partial charge in [0.05, 0.1) is 13.2 Å². The van der Waals surface area contributed by atoms with Gasteiger partial charge in [0.2, 0.25) is 0 Å². The lowest BCUT2D eigenvalue weighted by atomic mass is 10.1. The van der Waals surface area contributed by atoms with Crippen molar-refractivity contribution in [2.75, 3.05) is 19.8 Å². The average Bonchev–Trinajstić information content (AvgIpc) is 2.68. The molecule has 6 heteroatoms. The second kappa shape index (κ2) is 6.97. The van der Waals surface area contributed by atoms with Crippen LogP contribution in [0.2, 0.25) is 0 Å². The first-order chi connectivity index (χ1) is 10.1. The number of fused-ring (bicyclic) bond motifs is 1. The maximum atomic E-state index is 12.1. The summed E-state index contributed by atoms with van der Waals surface area (Å²) < 4.78 is 11.0. The lowest BCUT2D eigenvalue weighted by molar-refractivity contribution is -0.137. The van der Waals surface area contributed by atoms with Crippen LogP contribution in [0.15, 0.2) is 18.2 Å². The molecule has 1 amide bonds. The van der Waals surface area contributed by atoms with Gasteiger partial charge in [0.15, 0.2) is 11.5 Å². The number of hydrogen-bond acceptors (Lipinski definition) is 4. The van der Waals surface area contributed by atoms with E-state index in [0.29, 0.717) is 36.8 Å². The van der Waals surface area contributed by atoms with Crippen LogP contribution in [0, 0.1) is 5.92 Å². The molecule has 0 aliphatic carbocycles.